The fourth-order valence-electron chi connectivity index (χ4n) is 2.76. The number of nitrogens with two attached hydrogens (primary N) is 1. The van der Waals surface area contributed by atoms with Gasteiger partial charge in [0, 0.05) is 12.1 Å². The minimum atomic E-state index is -3.55. The van der Waals surface area contributed by atoms with Crippen LogP contribution in [0.5, 0.6) is 5.75 Å². The maximum absolute atomic E-state index is 12.5. The highest BCUT2D eigenvalue weighted by atomic mass is 32.2. The molecule has 1 fully saturated rings. The summed E-state index contributed by atoms with van der Waals surface area (Å²) < 4.78 is 33.0. The van der Waals surface area contributed by atoms with Crippen LogP contribution >= 0.6 is 0 Å². The summed E-state index contributed by atoms with van der Waals surface area (Å²) in [6, 6.07) is 4.86. The van der Waals surface area contributed by atoms with Gasteiger partial charge < -0.3 is 10.5 Å². The number of benzene rings is 1. The minimum absolute atomic E-state index is 0.260. The van der Waals surface area contributed by atoms with E-state index >= 15 is 0 Å². The van der Waals surface area contributed by atoms with Crippen LogP contribution < -0.4 is 15.2 Å². The van der Waals surface area contributed by atoms with E-state index in [9.17, 15) is 8.42 Å². The van der Waals surface area contributed by atoms with Gasteiger partial charge in [-0.1, -0.05) is 12.8 Å². The molecule has 0 radical (unpaired) electrons. The lowest BCUT2D eigenvalue weighted by atomic mass is 10.0. The summed E-state index contributed by atoms with van der Waals surface area (Å²) in [5.41, 5.74) is 6.10. The van der Waals surface area contributed by atoms with Crippen LogP contribution in [0.3, 0.4) is 0 Å². The van der Waals surface area contributed by atoms with Crippen molar-refractivity contribution >= 4 is 10.0 Å². The summed E-state index contributed by atoms with van der Waals surface area (Å²) in [4.78, 5) is 0.260. The molecule has 1 aliphatic rings. The Labute approximate surface area is 120 Å². The number of rotatable bonds is 5. The van der Waals surface area contributed by atoms with Gasteiger partial charge >= 0.3 is 0 Å². The molecule has 0 bridgehead atoms. The van der Waals surface area contributed by atoms with Crippen LogP contribution in [0.2, 0.25) is 0 Å². The van der Waals surface area contributed by atoms with Gasteiger partial charge in [0.05, 0.1) is 12.0 Å². The molecule has 1 aromatic carbocycles. The molecule has 1 aliphatic carbocycles. The summed E-state index contributed by atoms with van der Waals surface area (Å²) in [6.07, 6.45) is 3.64. The molecule has 6 heteroatoms. The van der Waals surface area contributed by atoms with Crippen LogP contribution in [-0.2, 0) is 10.0 Å². The van der Waals surface area contributed by atoms with Gasteiger partial charge in [0.2, 0.25) is 10.0 Å². The molecule has 0 amide bonds. The second-order valence-corrected chi connectivity index (χ2v) is 7.11. The molecule has 0 unspecified atom stereocenters. The van der Waals surface area contributed by atoms with Gasteiger partial charge in [0.15, 0.2) is 0 Å². The van der Waals surface area contributed by atoms with Crippen molar-refractivity contribution in [2.75, 3.05) is 13.7 Å². The third-order valence-electron chi connectivity index (χ3n) is 3.98. The Kier molecular flexibility index (Phi) is 4.36. The molecule has 0 spiro atoms. The average molecular weight is 298 g/mol. The fourth-order valence-corrected chi connectivity index (χ4v) is 4.32. The molecule has 5 nitrogen and oxygen atoms in total. The van der Waals surface area contributed by atoms with Crippen LogP contribution in [0, 0.1) is 6.92 Å². The third-order valence-corrected chi connectivity index (χ3v) is 5.56. The van der Waals surface area contributed by atoms with Gasteiger partial charge in [-0.15, -0.1) is 0 Å². The zero-order chi connectivity index (χ0) is 14.8. The van der Waals surface area contributed by atoms with E-state index in [-0.39, 0.29) is 4.90 Å². The molecule has 0 aliphatic heterocycles. The van der Waals surface area contributed by atoms with E-state index < -0.39 is 15.6 Å². The Morgan fingerprint density at radius 3 is 2.50 bits per heavy atom. The molecule has 3 N–H and O–H groups in total. The van der Waals surface area contributed by atoms with Gasteiger partial charge in [-0.05, 0) is 43.5 Å². The molecule has 0 saturated heterocycles. The SMILES string of the molecule is COc1ccc(S(=O)(=O)NC2(CN)CCCC2)cc1C. The van der Waals surface area contributed by atoms with E-state index in [0.29, 0.717) is 12.3 Å². The van der Waals surface area contributed by atoms with Crippen molar-refractivity contribution in [3.63, 3.8) is 0 Å². The summed E-state index contributed by atoms with van der Waals surface area (Å²) in [5.74, 6) is 0.679. The van der Waals surface area contributed by atoms with Crippen molar-refractivity contribution in [1.29, 1.82) is 0 Å². The van der Waals surface area contributed by atoms with Crippen molar-refractivity contribution in [2.24, 2.45) is 5.73 Å². The van der Waals surface area contributed by atoms with Crippen LogP contribution in [0.4, 0.5) is 0 Å². The number of methoxy groups -OCH3 is 1. The number of hydrogen-bond acceptors (Lipinski definition) is 4. The molecule has 1 saturated carbocycles. The van der Waals surface area contributed by atoms with Gasteiger partial charge in [-0.3, -0.25) is 0 Å². The van der Waals surface area contributed by atoms with Crippen molar-refractivity contribution < 1.29 is 13.2 Å². The minimum Gasteiger partial charge on any atom is -0.496 e. The smallest absolute Gasteiger partial charge is 0.241 e. The van der Waals surface area contributed by atoms with Gasteiger partial charge in [0.25, 0.3) is 0 Å². The first kappa shape index (κ1) is 15.3. The van der Waals surface area contributed by atoms with E-state index in [2.05, 4.69) is 4.72 Å². The van der Waals surface area contributed by atoms with Crippen LogP contribution in [0.25, 0.3) is 0 Å². The molecule has 112 valence electrons. The van der Waals surface area contributed by atoms with Gasteiger partial charge in [0.1, 0.15) is 5.75 Å². The van der Waals surface area contributed by atoms with Crippen LogP contribution in [0.15, 0.2) is 23.1 Å². The standard InChI is InChI=1S/C14H22N2O3S/c1-11-9-12(5-6-13(11)19-2)20(17,18)16-14(10-15)7-3-4-8-14/h5-6,9,16H,3-4,7-8,10,15H2,1-2H3. The highest BCUT2D eigenvalue weighted by molar-refractivity contribution is 7.89. The molecule has 0 atom stereocenters. The molecule has 0 heterocycles. The molecule has 0 aromatic heterocycles. The van der Waals surface area contributed by atoms with Crippen molar-refractivity contribution in [2.45, 2.75) is 43.0 Å². The molecular formula is C14H22N2O3S. The zero-order valence-corrected chi connectivity index (χ0v) is 12.8. The lowest BCUT2D eigenvalue weighted by Crippen LogP contribution is -2.51. The lowest BCUT2D eigenvalue weighted by Gasteiger charge is -2.28. The summed E-state index contributed by atoms with van der Waals surface area (Å²) in [5, 5.41) is 0. The summed E-state index contributed by atoms with van der Waals surface area (Å²) in [7, 11) is -1.98. The highest BCUT2D eigenvalue weighted by Crippen LogP contribution is 2.31. The third kappa shape index (κ3) is 2.97. The summed E-state index contributed by atoms with van der Waals surface area (Å²) >= 11 is 0. The monoisotopic (exact) mass is 298 g/mol. The lowest BCUT2D eigenvalue weighted by molar-refractivity contribution is 0.399. The highest BCUT2D eigenvalue weighted by Gasteiger charge is 2.36. The first-order chi connectivity index (χ1) is 9.42. The number of hydrogen-bond donors (Lipinski definition) is 2. The number of aryl methyl sites for hydroxylation is 1. The average Bonchev–Trinajstić information content (AvgIpc) is 2.87. The van der Waals surface area contributed by atoms with E-state index in [4.69, 9.17) is 10.5 Å². The normalized spacial score (nSPS) is 18.1. The second kappa shape index (κ2) is 5.71. The maximum Gasteiger partial charge on any atom is 0.241 e. The second-order valence-electron chi connectivity index (χ2n) is 5.43. The van der Waals surface area contributed by atoms with E-state index in [1.54, 1.807) is 25.3 Å². The van der Waals surface area contributed by atoms with Gasteiger partial charge in [-0.25, -0.2) is 13.1 Å². The Hall–Kier alpha value is -1.11. The van der Waals surface area contributed by atoms with Crippen LogP contribution in [-0.4, -0.2) is 27.6 Å². The maximum atomic E-state index is 12.5. The Morgan fingerprint density at radius 1 is 1.35 bits per heavy atom. The molecular weight excluding hydrogens is 276 g/mol. The van der Waals surface area contributed by atoms with E-state index in [1.165, 1.54) is 0 Å². The van der Waals surface area contributed by atoms with E-state index in [0.717, 1.165) is 31.2 Å². The quantitative estimate of drug-likeness (QED) is 0.864. The Bertz CT molecular complexity index is 578. The van der Waals surface area contributed by atoms with E-state index in [1.807, 2.05) is 6.92 Å². The first-order valence-corrected chi connectivity index (χ1v) is 8.29. The van der Waals surface area contributed by atoms with Crippen molar-refractivity contribution in [3.8, 4) is 5.75 Å². The predicted molar refractivity (Wildman–Crippen MR) is 78.3 cm³/mol. The zero-order valence-electron chi connectivity index (χ0n) is 12.0. The molecule has 1 aromatic rings. The number of ether oxygens (including phenoxy) is 1. The number of sulfonamides is 1. The predicted octanol–water partition coefficient (Wildman–Crippen LogP) is 1.55. The largest absolute Gasteiger partial charge is 0.496 e. The van der Waals surface area contributed by atoms with Crippen LogP contribution in [0.1, 0.15) is 31.2 Å². The van der Waals surface area contributed by atoms with Crippen molar-refractivity contribution in [1.82, 2.24) is 4.72 Å². The van der Waals surface area contributed by atoms with Gasteiger partial charge in [-0.2, -0.15) is 0 Å². The Morgan fingerprint density at radius 2 is 2.00 bits per heavy atom. The molecule has 20 heavy (non-hydrogen) atoms. The fraction of sp³-hybridized carbons (Fsp3) is 0.571. The number of nitrogens with one attached hydrogen (secondary N) is 1. The van der Waals surface area contributed by atoms with Crippen molar-refractivity contribution in [3.05, 3.63) is 23.8 Å². The molecule has 2 rings (SSSR count). The first-order valence-electron chi connectivity index (χ1n) is 6.81. The summed E-state index contributed by atoms with van der Waals surface area (Å²) in [6.45, 7) is 2.16. The Balaban J connectivity index is 2.28. The topological polar surface area (TPSA) is 81.4 Å².